The highest BCUT2D eigenvalue weighted by molar-refractivity contribution is 5.72. The third kappa shape index (κ3) is 4.02. The quantitative estimate of drug-likeness (QED) is 0.738. The lowest BCUT2D eigenvalue weighted by atomic mass is 10.1. The third-order valence-electron chi connectivity index (χ3n) is 2.33. The number of hydrogen-bond acceptors (Lipinski definition) is 2. The van der Waals surface area contributed by atoms with Crippen molar-refractivity contribution in [3.63, 3.8) is 0 Å². The molecule has 0 atom stereocenters. The fourth-order valence-electron chi connectivity index (χ4n) is 1.30. The maximum atomic E-state index is 10.6. The number of carbonyl (C=O) groups excluding carboxylic acids is 1. The van der Waals surface area contributed by atoms with Gasteiger partial charge in [0, 0.05) is 25.7 Å². The Hall–Kier alpha value is -1.51. The molecule has 0 aliphatic heterocycles. The second-order valence-electron chi connectivity index (χ2n) is 3.71. The Bertz CT molecular complexity index is 347. The van der Waals surface area contributed by atoms with Crippen LogP contribution in [0.4, 0.5) is 5.69 Å². The van der Waals surface area contributed by atoms with Crippen molar-refractivity contribution < 1.29 is 4.79 Å². The molecule has 0 fully saturated rings. The van der Waals surface area contributed by atoms with Crippen LogP contribution in [0.2, 0.25) is 0 Å². The molecule has 15 heavy (non-hydrogen) atoms. The van der Waals surface area contributed by atoms with Gasteiger partial charge in [0.15, 0.2) is 0 Å². The summed E-state index contributed by atoms with van der Waals surface area (Å²) in [6.45, 7) is 7.12. The van der Waals surface area contributed by atoms with Crippen LogP contribution in [0.15, 0.2) is 18.2 Å². The summed E-state index contributed by atoms with van der Waals surface area (Å²) in [6, 6.07) is 6.26. The number of hydrogen-bond donors (Lipinski definition) is 2. The number of amides is 1. The van der Waals surface area contributed by atoms with Gasteiger partial charge in [0.25, 0.3) is 0 Å². The molecule has 1 aromatic rings. The summed E-state index contributed by atoms with van der Waals surface area (Å²) in [5.41, 5.74) is 3.67. The molecule has 0 aliphatic carbocycles. The molecule has 0 bridgehead atoms. The molecule has 3 nitrogen and oxygen atoms in total. The highest BCUT2D eigenvalue weighted by Gasteiger charge is 1.95. The molecule has 0 aromatic heterocycles. The lowest BCUT2D eigenvalue weighted by molar-refractivity contribution is -0.118. The molecule has 0 spiro atoms. The van der Waals surface area contributed by atoms with Gasteiger partial charge in [0.05, 0.1) is 0 Å². The fourth-order valence-corrected chi connectivity index (χ4v) is 1.30. The zero-order valence-electron chi connectivity index (χ0n) is 9.55. The molecule has 1 aromatic carbocycles. The lowest BCUT2D eigenvalue weighted by Gasteiger charge is -2.08. The minimum Gasteiger partial charge on any atom is -0.383 e. The van der Waals surface area contributed by atoms with E-state index in [-0.39, 0.29) is 5.91 Å². The van der Waals surface area contributed by atoms with E-state index in [1.54, 1.807) is 0 Å². The summed E-state index contributed by atoms with van der Waals surface area (Å²) in [4.78, 5) is 10.6. The second kappa shape index (κ2) is 5.39. The Morgan fingerprint density at radius 3 is 2.53 bits per heavy atom. The average Bonchev–Trinajstić information content (AvgIpc) is 2.18. The van der Waals surface area contributed by atoms with Crippen LogP contribution in [0.5, 0.6) is 0 Å². The maximum Gasteiger partial charge on any atom is 0.216 e. The van der Waals surface area contributed by atoms with Gasteiger partial charge in [-0.1, -0.05) is 6.07 Å². The lowest BCUT2D eigenvalue weighted by Crippen LogP contribution is -2.26. The van der Waals surface area contributed by atoms with Crippen LogP contribution in [0.1, 0.15) is 18.1 Å². The van der Waals surface area contributed by atoms with Crippen molar-refractivity contribution in [1.29, 1.82) is 0 Å². The Morgan fingerprint density at radius 2 is 1.93 bits per heavy atom. The van der Waals surface area contributed by atoms with E-state index in [0.717, 1.165) is 12.2 Å². The van der Waals surface area contributed by atoms with Crippen molar-refractivity contribution in [3.8, 4) is 0 Å². The van der Waals surface area contributed by atoms with E-state index in [2.05, 4.69) is 42.7 Å². The SMILES string of the molecule is CC(=O)NCCNc1ccc(C)c(C)c1. The normalized spacial score (nSPS) is 9.80. The van der Waals surface area contributed by atoms with Crippen LogP contribution in [-0.4, -0.2) is 19.0 Å². The number of nitrogens with one attached hydrogen (secondary N) is 2. The molecule has 0 heterocycles. The predicted molar refractivity (Wildman–Crippen MR) is 63.1 cm³/mol. The van der Waals surface area contributed by atoms with Crippen molar-refractivity contribution in [2.24, 2.45) is 0 Å². The van der Waals surface area contributed by atoms with Crippen molar-refractivity contribution >= 4 is 11.6 Å². The highest BCUT2D eigenvalue weighted by atomic mass is 16.1. The molecule has 0 radical (unpaired) electrons. The fraction of sp³-hybridized carbons (Fsp3) is 0.417. The van der Waals surface area contributed by atoms with Gasteiger partial charge in [0.2, 0.25) is 5.91 Å². The number of benzene rings is 1. The first-order chi connectivity index (χ1) is 7.09. The summed E-state index contributed by atoms with van der Waals surface area (Å²) >= 11 is 0. The molecule has 1 amide bonds. The number of carbonyl (C=O) groups is 1. The molecule has 0 saturated heterocycles. The Kier molecular flexibility index (Phi) is 4.16. The van der Waals surface area contributed by atoms with E-state index in [0.29, 0.717) is 6.54 Å². The van der Waals surface area contributed by atoms with Gasteiger partial charge in [-0.05, 0) is 37.1 Å². The van der Waals surface area contributed by atoms with Crippen molar-refractivity contribution in [1.82, 2.24) is 5.32 Å². The van der Waals surface area contributed by atoms with Gasteiger partial charge in [-0.3, -0.25) is 4.79 Å². The summed E-state index contributed by atoms with van der Waals surface area (Å²) < 4.78 is 0. The average molecular weight is 206 g/mol. The monoisotopic (exact) mass is 206 g/mol. The molecule has 1 rings (SSSR count). The first kappa shape index (κ1) is 11.6. The van der Waals surface area contributed by atoms with E-state index in [1.807, 2.05) is 0 Å². The van der Waals surface area contributed by atoms with Crippen LogP contribution in [0.3, 0.4) is 0 Å². The van der Waals surface area contributed by atoms with Gasteiger partial charge in [-0.15, -0.1) is 0 Å². The first-order valence-electron chi connectivity index (χ1n) is 5.15. The standard InChI is InChI=1S/C12H18N2O/c1-9-4-5-12(8-10(9)2)14-7-6-13-11(3)15/h4-5,8,14H,6-7H2,1-3H3,(H,13,15). The third-order valence-corrected chi connectivity index (χ3v) is 2.33. The molecular weight excluding hydrogens is 188 g/mol. The Balaban J connectivity index is 2.38. The van der Waals surface area contributed by atoms with Gasteiger partial charge >= 0.3 is 0 Å². The van der Waals surface area contributed by atoms with Gasteiger partial charge in [0.1, 0.15) is 0 Å². The minimum atomic E-state index is 0.0110. The van der Waals surface area contributed by atoms with Crippen LogP contribution in [-0.2, 0) is 4.79 Å². The van der Waals surface area contributed by atoms with Gasteiger partial charge in [-0.25, -0.2) is 0 Å². The van der Waals surface area contributed by atoms with E-state index in [9.17, 15) is 4.79 Å². The maximum absolute atomic E-state index is 10.6. The topological polar surface area (TPSA) is 41.1 Å². The zero-order chi connectivity index (χ0) is 11.3. The Morgan fingerprint density at radius 1 is 1.20 bits per heavy atom. The van der Waals surface area contributed by atoms with Crippen molar-refractivity contribution in [2.45, 2.75) is 20.8 Å². The van der Waals surface area contributed by atoms with Gasteiger partial charge in [-0.2, -0.15) is 0 Å². The Labute approximate surface area is 90.9 Å². The van der Waals surface area contributed by atoms with E-state index in [1.165, 1.54) is 18.1 Å². The van der Waals surface area contributed by atoms with E-state index < -0.39 is 0 Å². The second-order valence-corrected chi connectivity index (χ2v) is 3.71. The smallest absolute Gasteiger partial charge is 0.216 e. The number of rotatable bonds is 4. The summed E-state index contributed by atoms with van der Waals surface area (Å²) in [5.74, 6) is 0.0110. The largest absolute Gasteiger partial charge is 0.383 e. The van der Waals surface area contributed by atoms with Crippen LogP contribution < -0.4 is 10.6 Å². The number of anilines is 1. The van der Waals surface area contributed by atoms with E-state index in [4.69, 9.17) is 0 Å². The predicted octanol–water partition coefficient (Wildman–Crippen LogP) is 1.85. The van der Waals surface area contributed by atoms with Crippen molar-refractivity contribution in [2.75, 3.05) is 18.4 Å². The van der Waals surface area contributed by atoms with Crippen LogP contribution >= 0.6 is 0 Å². The van der Waals surface area contributed by atoms with Crippen LogP contribution in [0, 0.1) is 13.8 Å². The molecule has 0 aliphatic rings. The molecule has 3 heteroatoms. The summed E-state index contributed by atoms with van der Waals surface area (Å²) in [6.07, 6.45) is 0. The summed E-state index contributed by atoms with van der Waals surface area (Å²) in [7, 11) is 0. The molecule has 0 saturated carbocycles. The zero-order valence-corrected chi connectivity index (χ0v) is 9.55. The first-order valence-corrected chi connectivity index (χ1v) is 5.15. The van der Waals surface area contributed by atoms with E-state index >= 15 is 0 Å². The van der Waals surface area contributed by atoms with Crippen molar-refractivity contribution in [3.05, 3.63) is 29.3 Å². The molecule has 82 valence electrons. The molecule has 0 unspecified atom stereocenters. The highest BCUT2D eigenvalue weighted by Crippen LogP contribution is 2.13. The number of aryl methyl sites for hydroxylation is 2. The van der Waals surface area contributed by atoms with Gasteiger partial charge < -0.3 is 10.6 Å². The molecule has 2 N–H and O–H groups in total. The van der Waals surface area contributed by atoms with Crippen LogP contribution in [0.25, 0.3) is 0 Å². The summed E-state index contributed by atoms with van der Waals surface area (Å²) in [5, 5.41) is 5.99. The minimum absolute atomic E-state index is 0.0110. The molecular formula is C12H18N2O.